The van der Waals surface area contributed by atoms with Crippen LogP contribution in [0.3, 0.4) is 0 Å². The Bertz CT molecular complexity index is 393. The molecule has 1 aliphatic heterocycles. The van der Waals surface area contributed by atoms with Gasteiger partial charge in [-0.3, -0.25) is 0 Å². The molecule has 8 heteroatoms. The fourth-order valence-corrected chi connectivity index (χ4v) is 2.66. The second-order valence-electron chi connectivity index (χ2n) is 4.24. The van der Waals surface area contributed by atoms with Gasteiger partial charge >= 0.3 is 6.09 Å². The van der Waals surface area contributed by atoms with Gasteiger partial charge in [-0.2, -0.15) is 13.1 Å². The van der Waals surface area contributed by atoms with E-state index in [-0.39, 0.29) is 12.6 Å². The quantitative estimate of drug-likeness (QED) is 0.670. The van der Waals surface area contributed by atoms with Gasteiger partial charge in [0, 0.05) is 12.6 Å². The fourth-order valence-electron chi connectivity index (χ4n) is 1.78. The highest BCUT2D eigenvalue weighted by molar-refractivity contribution is 7.87. The highest BCUT2D eigenvalue weighted by Crippen LogP contribution is 2.30. The zero-order valence-corrected chi connectivity index (χ0v) is 10.5. The molecule has 1 atom stereocenters. The molecule has 17 heavy (non-hydrogen) atoms. The average molecular weight is 263 g/mol. The molecule has 0 spiro atoms. The Morgan fingerprint density at radius 3 is 2.71 bits per heavy atom. The van der Waals surface area contributed by atoms with E-state index >= 15 is 0 Å². The van der Waals surface area contributed by atoms with Crippen molar-refractivity contribution >= 4 is 16.3 Å². The maximum Gasteiger partial charge on any atom is 0.410 e. The van der Waals surface area contributed by atoms with Crippen LogP contribution in [0.1, 0.15) is 19.8 Å². The first-order chi connectivity index (χ1) is 8.02. The Morgan fingerprint density at radius 2 is 2.12 bits per heavy atom. The largest absolute Gasteiger partial charge is 0.443 e. The number of rotatable bonds is 6. The summed E-state index contributed by atoms with van der Waals surface area (Å²) in [6, 6.07) is 0.304. The van der Waals surface area contributed by atoms with Gasteiger partial charge in [-0.15, -0.1) is 0 Å². The third-order valence-electron chi connectivity index (χ3n) is 2.73. The molecule has 2 rings (SSSR count). The zero-order valence-electron chi connectivity index (χ0n) is 9.68. The Balaban J connectivity index is 1.79. The summed E-state index contributed by atoms with van der Waals surface area (Å²) in [7, 11) is -3.47. The molecule has 98 valence electrons. The third kappa shape index (κ3) is 3.30. The van der Waals surface area contributed by atoms with Crippen molar-refractivity contribution in [2.24, 2.45) is 0 Å². The van der Waals surface area contributed by atoms with E-state index in [0.29, 0.717) is 19.1 Å². The number of nitrogens with one attached hydrogen (secondary N) is 2. The van der Waals surface area contributed by atoms with Crippen LogP contribution in [0.5, 0.6) is 0 Å². The van der Waals surface area contributed by atoms with E-state index in [9.17, 15) is 13.2 Å². The highest BCUT2D eigenvalue weighted by Gasteiger charge is 2.40. The summed E-state index contributed by atoms with van der Waals surface area (Å²) in [5, 5.41) is 0. The Labute approximate surface area is 101 Å². The van der Waals surface area contributed by atoms with Crippen LogP contribution < -0.4 is 9.44 Å². The van der Waals surface area contributed by atoms with Crippen LogP contribution in [0.4, 0.5) is 4.79 Å². The molecule has 0 aromatic heterocycles. The molecule has 0 aromatic carbocycles. The van der Waals surface area contributed by atoms with Gasteiger partial charge in [-0.1, -0.05) is 6.92 Å². The number of hydrogen-bond donors (Lipinski definition) is 2. The second kappa shape index (κ2) is 4.79. The van der Waals surface area contributed by atoms with E-state index in [2.05, 4.69) is 9.44 Å². The maximum absolute atomic E-state index is 11.4. The second-order valence-corrected chi connectivity index (χ2v) is 5.82. The SMILES string of the molecule is CCNS(=O)(=O)NCC1CN(C2CC2)C(=O)O1. The van der Waals surface area contributed by atoms with Crippen LogP contribution in [0.15, 0.2) is 0 Å². The predicted molar refractivity (Wildman–Crippen MR) is 60.6 cm³/mol. The monoisotopic (exact) mass is 263 g/mol. The summed E-state index contributed by atoms with van der Waals surface area (Å²) in [4.78, 5) is 13.1. The van der Waals surface area contributed by atoms with Gasteiger partial charge in [0.25, 0.3) is 10.2 Å². The molecular formula is C9H17N3O4S. The lowest BCUT2D eigenvalue weighted by atomic mass is 10.3. The molecule has 7 nitrogen and oxygen atoms in total. The standard InChI is InChI=1S/C9H17N3O4S/c1-2-10-17(14,15)11-5-8-6-12(7-3-4-7)9(13)16-8/h7-8,10-11H,2-6H2,1H3. The molecule has 1 saturated carbocycles. The molecule has 0 radical (unpaired) electrons. The zero-order chi connectivity index (χ0) is 12.5. The summed E-state index contributed by atoms with van der Waals surface area (Å²) < 4.78 is 32.4. The van der Waals surface area contributed by atoms with Crippen molar-refractivity contribution in [3.63, 3.8) is 0 Å². The lowest BCUT2D eigenvalue weighted by molar-refractivity contribution is 0.133. The van der Waals surface area contributed by atoms with Crippen molar-refractivity contribution in [2.75, 3.05) is 19.6 Å². The highest BCUT2D eigenvalue weighted by atomic mass is 32.2. The summed E-state index contributed by atoms with van der Waals surface area (Å²) in [6.07, 6.45) is 1.31. The number of amides is 1. The first kappa shape index (κ1) is 12.6. The van der Waals surface area contributed by atoms with Crippen molar-refractivity contribution in [1.82, 2.24) is 14.3 Å². The van der Waals surface area contributed by atoms with Crippen LogP contribution in [0, 0.1) is 0 Å². The van der Waals surface area contributed by atoms with Gasteiger partial charge < -0.3 is 9.64 Å². The van der Waals surface area contributed by atoms with Crippen molar-refractivity contribution < 1.29 is 17.9 Å². The van der Waals surface area contributed by atoms with Crippen molar-refractivity contribution in [1.29, 1.82) is 0 Å². The minimum absolute atomic E-state index is 0.115. The van der Waals surface area contributed by atoms with Crippen molar-refractivity contribution in [2.45, 2.75) is 31.9 Å². The van der Waals surface area contributed by atoms with Crippen LogP contribution in [0.25, 0.3) is 0 Å². The normalized spacial score (nSPS) is 25.1. The molecule has 1 saturated heterocycles. The van der Waals surface area contributed by atoms with Crippen molar-refractivity contribution in [3.05, 3.63) is 0 Å². The molecule has 1 amide bonds. The Kier molecular flexibility index (Phi) is 3.55. The molecule has 1 heterocycles. The summed E-state index contributed by atoms with van der Waals surface area (Å²) in [5.41, 5.74) is 0. The fraction of sp³-hybridized carbons (Fsp3) is 0.889. The molecule has 0 aromatic rings. The first-order valence-electron chi connectivity index (χ1n) is 5.73. The van der Waals surface area contributed by atoms with Crippen molar-refractivity contribution in [3.8, 4) is 0 Å². The lowest BCUT2D eigenvalue weighted by Gasteiger charge is -2.11. The maximum atomic E-state index is 11.4. The van der Waals surface area contributed by atoms with Gasteiger partial charge in [-0.05, 0) is 12.8 Å². The summed E-state index contributed by atoms with van der Waals surface area (Å²) in [6.45, 7) is 2.61. The lowest BCUT2D eigenvalue weighted by Crippen LogP contribution is -2.41. The molecule has 2 aliphatic rings. The van der Waals surface area contributed by atoms with Crippen LogP contribution in [-0.2, 0) is 14.9 Å². The van der Waals surface area contributed by atoms with Crippen LogP contribution >= 0.6 is 0 Å². The third-order valence-corrected chi connectivity index (χ3v) is 3.94. The summed E-state index contributed by atoms with van der Waals surface area (Å²) >= 11 is 0. The topological polar surface area (TPSA) is 87.7 Å². The molecular weight excluding hydrogens is 246 g/mol. The average Bonchev–Trinajstić information content (AvgIpc) is 3.01. The molecule has 0 bridgehead atoms. The number of ether oxygens (including phenoxy) is 1. The van der Waals surface area contributed by atoms with E-state index in [0.717, 1.165) is 12.8 Å². The van der Waals surface area contributed by atoms with Gasteiger partial charge in [0.05, 0.1) is 13.1 Å². The van der Waals surface area contributed by atoms with E-state index < -0.39 is 16.3 Å². The first-order valence-corrected chi connectivity index (χ1v) is 7.21. The molecule has 2 N–H and O–H groups in total. The summed E-state index contributed by atoms with van der Waals surface area (Å²) in [5.74, 6) is 0. The number of nitrogens with zero attached hydrogens (tertiary/aromatic N) is 1. The Hall–Kier alpha value is -0.860. The molecule has 2 fully saturated rings. The van der Waals surface area contributed by atoms with Gasteiger partial charge in [-0.25, -0.2) is 9.52 Å². The Morgan fingerprint density at radius 1 is 1.41 bits per heavy atom. The number of carbonyl (C=O) groups is 1. The van der Waals surface area contributed by atoms with E-state index in [1.165, 1.54) is 0 Å². The van der Waals surface area contributed by atoms with E-state index in [1.807, 2.05) is 0 Å². The number of cyclic esters (lactones) is 1. The molecule has 1 unspecified atom stereocenters. The minimum atomic E-state index is -3.47. The van der Waals surface area contributed by atoms with Crippen LogP contribution in [0.2, 0.25) is 0 Å². The predicted octanol–water partition coefficient (Wildman–Crippen LogP) is -0.586. The van der Waals surface area contributed by atoms with E-state index in [1.54, 1.807) is 11.8 Å². The number of carbonyl (C=O) groups excluding carboxylic acids is 1. The number of hydrogen-bond acceptors (Lipinski definition) is 4. The van der Waals surface area contributed by atoms with Gasteiger partial charge in [0.15, 0.2) is 0 Å². The van der Waals surface area contributed by atoms with Gasteiger partial charge in [0.1, 0.15) is 6.10 Å². The van der Waals surface area contributed by atoms with Gasteiger partial charge in [0.2, 0.25) is 0 Å². The minimum Gasteiger partial charge on any atom is -0.443 e. The van der Waals surface area contributed by atoms with E-state index in [4.69, 9.17) is 4.74 Å². The smallest absolute Gasteiger partial charge is 0.410 e. The van der Waals surface area contributed by atoms with Crippen LogP contribution in [-0.4, -0.2) is 51.2 Å². The molecule has 1 aliphatic carbocycles.